The van der Waals surface area contributed by atoms with Gasteiger partial charge < -0.3 is 5.32 Å². The van der Waals surface area contributed by atoms with Crippen molar-refractivity contribution in [1.82, 2.24) is 15.1 Å². The smallest absolute Gasteiger partial charge is 0.0521 e. The first-order chi connectivity index (χ1) is 8.11. The molecular weight excluding hydrogens is 210 g/mol. The van der Waals surface area contributed by atoms with Gasteiger partial charge >= 0.3 is 0 Å². The van der Waals surface area contributed by atoms with Crippen LogP contribution in [0.5, 0.6) is 0 Å². The van der Waals surface area contributed by atoms with Crippen molar-refractivity contribution in [3.63, 3.8) is 0 Å². The van der Waals surface area contributed by atoms with Gasteiger partial charge in [-0.1, -0.05) is 27.7 Å². The third-order valence-electron chi connectivity index (χ3n) is 2.77. The molecule has 1 rings (SSSR count). The molecule has 0 aliphatic heterocycles. The van der Waals surface area contributed by atoms with Crippen LogP contribution in [0.4, 0.5) is 0 Å². The molecule has 0 aliphatic rings. The van der Waals surface area contributed by atoms with Crippen LogP contribution in [0.25, 0.3) is 0 Å². The fourth-order valence-corrected chi connectivity index (χ4v) is 1.96. The number of aromatic nitrogens is 2. The third kappa shape index (κ3) is 5.87. The van der Waals surface area contributed by atoms with Crippen LogP contribution in [-0.2, 0) is 13.0 Å². The van der Waals surface area contributed by atoms with E-state index in [1.54, 1.807) is 0 Å². The monoisotopic (exact) mass is 237 g/mol. The zero-order valence-corrected chi connectivity index (χ0v) is 11.7. The fourth-order valence-electron chi connectivity index (χ4n) is 1.96. The van der Waals surface area contributed by atoms with Gasteiger partial charge in [0.05, 0.1) is 6.20 Å². The molecule has 0 saturated heterocycles. The van der Waals surface area contributed by atoms with Crippen LogP contribution in [0.2, 0.25) is 0 Å². The summed E-state index contributed by atoms with van der Waals surface area (Å²) in [6, 6.07) is 0. The zero-order chi connectivity index (χ0) is 12.7. The quantitative estimate of drug-likeness (QED) is 0.753. The van der Waals surface area contributed by atoms with E-state index >= 15 is 0 Å². The molecule has 1 N–H and O–H groups in total. The van der Waals surface area contributed by atoms with Gasteiger partial charge in [0.25, 0.3) is 0 Å². The van der Waals surface area contributed by atoms with Gasteiger partial charge in [0, 0.05) is 12.7 Å². The lowest BCUT2D eigenvalue weighted by Gasteiger charge is -2.12. The Labute approximate surface area is 106 Å². The van der Waals surface area contributed by atoms with Crippen molar-refractivity contribution in [3.8, 4) is 0 Å². The van der Waals surface area contributed by atoms with Gasteiger partial charge in [0.15, 0.2) is 0 Å². The molecule has 3 heteroatoms. The van der Waals surface area contributed by atoms with E-state index in [0.29, 0.717) is 5.92 Å². The highest BCUT2D eigenvalue weighted by Crippen LogP contribution is 2.07. The highest BCUT2D eigenvalue weighted by Gasteiger charge is 2.06. The molecule has 1 unspecified atom stereocenters. The second-order valence-corrected chi connectivity index (χ2v) is 5.47. The summed E-state index contributed by atoms with van der Waals surface area (Å²) in [7, 11) is 0. The maximum absolute atomic E-state index is 4.36. The maximum atomic E-state index is 4.36. The normalized spacial score (nSPS) is 13.2. The molecule has 0 aliphatic carbocycles. The SMILES string of the molecule is CCCn1cc(CC(C)CNCC(C)C)cn1. The van der Waals surface area contributed by atoms with E-state index in [0.717, 1.165) is 38.4 Å². The Morgan fingerprint density at radius 3 is 2.71 bits per heavy atom. The molecule has 1 heterocycles. The van der Waals surface area contributed by atoms with Gasteiger partial charge in [-0.2, -0.15) is 5.10 Å². The zero-order valence-electron chi connectivity index (χ0n) is 11.7. The summed E-state index contributed by atoms with van der Waals surface area (Å²) in [6.07, 6.45) is 6.46. The van der Waals surface area contributed by atoms with Crippen molar-refractivity contribution >= 4 is 0 Å². The first-order valence-electron chi connectivity index (χ1n) is 6.83. The van der Waals surface area contributed by atoms with E-state index < -0.39 is 0 Å². The number of hydrogen-bond donors (Lipinski definition) is 1. The molecule has 0 saturated carbocycles. The van der Waals surface area contributed by atoms with Gasteiger partial charge in [0.1, 0.15) is 0 Å². The largest absolute Gasteiger partial charge is 0.316 e. The van der Waals surface area contributed by atoms with E-state index in [9.17, 15) is 0 Å². The van der Waals surface area contributed by atoms with E-state index in [1.807, 2.05) is 10.9 Å². The molecule has 0 bridgehead atoms. The third-order valence-corrected chi connectivity index (χ3v) is 2.77. The van der Waals surface area contributed by atoms with Crippen LogP contribution in [0.15, 0.2) is 12.4 Å². The average Bonchev–Trinajstić information content (AvgIpc) is 2.65. The highest BCUT2D eigenvalue weighted by molar-refractivity contribution is 5.04. The standard InChI is InChI=1S/C14H27N3/c1-5-6-17-11-14(10-16-17)7-13(4)9-15-8-12(2)3/h10-13,15H,5-9H2,1-4H3. The first kappa shape index (κ1) is 14.2. The predicted molar refractivity (Wildman–Crippen MR) is 73.1 cm³/mol. The van der Waals surface area contributed by atoms with Crippen molar-refractivity contribution in [1.29, 1.82) is 0 Å². The Morgan fingerprint density at radius 1 is 1.29 bits per heavy atom. The lowest BCUT2D eigenvalue weighted by atomic mass is 10.0. The minimum Gasteiger partial charge on any atom is -0.316 e. The van der Waals surface area contributed by atoms with E-state index in [1.165, 1.54) is 5.56 Å². The Bertz CT molecular complexity index is 304. The fraction of sp³-hybridized carbons (Fsp3) is 0.786. The summed E-state index contributed by atoms with van der Waals surface area (Å²) < 4.78 is 2.05. The predicted octanol–water partition coefficient (Wildman–Crippen LogP) is 2.72. The molecule has 17 heavy (non-hydrogen) atoms. The molecule has 0 amide bonds. The van der Waals surface area contributed by atoms with E-state index in [2.05, 4.69) is 44.3 Å². The molecule has 0 fully saturated rings. The summed E-state index contributed by atoms with van der Waals surface area (Å²) in [5.74, 6) is 1.41. The Kier molecular flexibility index (Phi) is 6.27. The molecule has 98 valence electrons. The Morgan fingerprint density at radius 2 is 2.06 bits per heavy atom. The summed E-state index contributed by atoms with van der Waals surface area (Å²) in [5.41, 5.74) is 1.36. The number of aryl methyl sites for hydroxylation is 1. The van der Waals surface area contributed by atoms with Crippen LogP contribution in [0.1, 0.15) is 39.7 Å². The molecule has 0 radical (unpaired) electrons. The summed E-state index contributed by atoms with van der Waals surface area (Å²) in [5, 5.41) is 7.87. The lowest BCUT2D eigenvalue weighted by Crippen LogP contribution is -2.26. The number of hydrogen-bond acceptors (Lipinski definition) is 2. The molecular formula is C14H27N3. The number of rotatable bonds is 8. The van der Waals surface area contributed by atoms with Crippen molar-refractivity contribution in [2.24, 2.45) is 11.8 Å². The van der Waals surface area contributed by atoms with Gasteiger partial charge in [0.2, 0.25) is 0 Å². The summed E-state index contributed by atoms with van der Waals surface area (Å²) in [4.78, 5) is 0. The van der Waals surface area contributed by atoms with Crippen molar-refractivity contribution in [3.05, 3.63) is 18.0 Å². The number of nitrogens with zero attached hydrogens (tertiary/aromatic N) is 2. The second-order valence-electron chi connectivity index (χ2n) is 5.47. The highest BCUT2D eigenvalue weighted by atomic mass is 15.3. The molecule has 0 spiro atoms. The van der Waals surface area contributed by atoms with Crippen LogP contribution < -0.4 is 5.32 Å². The van der Waals surface area contributed by atoms with Crippen LogP contribution in [0, 0.1) is 11.8 Å². The Hall–Kier alpha value is -0.830. The second kappa shape index (κ2) is 7.49. The first-order valence-corrected chi connectivity index (χ1v) is 6.83. The average molecular weight is 237 g/mol. The summed E-state index contributed by atoms with van der Waals surface area (Å²) in [6.45, 7) is 12.2. The van der Waals surface area contributed by atoms with Crippen molar-refractivity contribution < 1.29 is 0 Å². The van der Waals surface area contributed by atoms with Gasteiger partial charge in [-0.3, -0.25) is 4.68 Å². The van der Waals surface area contributed by atoms with Crippen LogP contribution in [-0.4, -0.2) is 22.9 Å². The van der Waals surface area contributed by atoms with Gasteiger partial charge in [-0.05, 0) is 43.3 Å². The molecule has 1 aromatic heterocycles. The number of nitrogens with one attached hydrogen (secondary N) is 1. The molecule has 1 aromatic rings. The van der Waals surface area contributed by atoms with Gasteiger partial charge in [-0.15, -0.1) is 0 Å². The lowest BCUT2D eigenvalue weighted by molar-refractivity contribution is 0.473. The molecule has 0 aromatic carbocycles. The minimum absolute atomic E-state index is 0.674. The van der Waals surface area contributed by atoms with Crippen molar-refractivity contribution in [2.45, 2.75) is 47.1 Å². The van der Waals surface area contributed by atoms with E-state index in [4.69, 9.17) is 0 Å². The molecule has 1 atom stereocenters. The summed E-state index contributed by atoms with van der Waals surface area (Å²) >= 11 is 0. The van der Waals surface area contributed by atoms with E-state index in [-0.39, 0.29) is 0 Å². The minimum atomic E-state index is 0.674. The Balaban J connectivity index is 2.26. The van der Waals surface area contributed by atoms with Crippen molar-refractivity contribution in [2.75, 3.05) is 13.1 Å². The topological polar surface area (TPSA) is 29.9 Å². The van der Waals surface area contributed by atoms with Crippen LogP contribution in [0.3, 0.4) is 0 Å². The maximum Gasteiger partial charge on any atom is 0.0521 e. The molecule has 3 nitrogen and oxygen atoms in total. The van der Waals surface area contributed by atoms with Crippen LogP contribution >= 0.6 is 0 Å². The van der Waals surface area contributed by atoms with Gasteiger partial charge in [-0.25, -0.2) is 0 Å².